The van der Waals surface area contributed by atoms with Crippen LogP contribution >= 0.6 is 15.9 Å². The zero-order valence-corrected chi connectivity index (χ0v) is 12.8. The van der Waals surface area contributed by atoms with Gasteiger partial charge in [-0.3, -0.25) is 10.1 Å². The van der Waals surface area contributed by atoms with Gasteiger partial charge in [-0.2, -0.15) is 0 Å². The molecular weight excluding hydrogens is 310 g/mol. The van der Waals surface area contributed by atoms with Crippen molar-refractivity contribution in [1.29, 1.82) is 0 Å². The van der Waals surface area contributed by atoms with Crippen LogP contribution in [0.2, 0.25) is 0 Å². The number of nitro groups is 1. The second-order valence-corrected chi connectivity index (χ2v) is 5.02. The van der Waals surface area contributed by atoms with Gasteiger partial charge in [0.2, 0.25) is 0 Å². The summed E-state index contributed by atoms with van der Waals surface area (Å²) in [6.07, 6.45) is 5.70. The average molecular weight is 330 g/mol. The van der Waals surface area contributed by atoms with Crippen molar-refractivity contribution in [3.05, 3.63) is 33.9 Å². The summed E-state index contributed by atoms with van der Waals surface area (Å²) in [4.78, 5) is 10.6. The van der Waals surface area contributed by atoms with Gasteiger partial charge in [-0.1, -0.05) is 54.6 Å². The van der Waals surface area contributed by atoms with E-state index < -0.39 is 4.92 Å². The smallest absolute Gasteiger partial charge is 0.311 e. The zero-order valence-electron chi connectivity index (χ0n) is 11.2. The maximum atomic E-state index is 11.0. The first-order valence-corrected chi connectivity index (χ1v) is 7.77. The molecule has 1 aromatic rings. The minimum atomic E-state index is -0.390. The average Bonchev–Trinajstić information content (AvgIpc) is 2.42. The van der Waals surface area contributed by atoms with Gasteiger partial charge in [0.25, 0.3) is 0 Å². The highest BCUT2D eigenvalue weighted by molar-refractivity contribution is 9.08. The summed E-state index contributed by atoms with van der Waals surface area (Å²) in [6.45, 7) is 2.71. The number of rotatable bonds is 9. The fourth-order valence-electron chi connectivity index (χ4n) is 1.80. The molecule has 0 atom stereocenters. The predicted octanol–water partition coefficient (Wildman–Crippen LogP) is 4.84. The van der Waals surface area contributed by atoms with E-state index in [9.17, 15) is 10.1 Å². The molecule has 0 bridgehead atoms. The van der Waals surface area contributed by atoms with E-state index in [-0.39, 0.29) is 5.69 Å². The second kappa shape index (κ2) is 8.91. The Balaban J connectivity index is 2.50. The monoisotopic (exact) mass is 329 g/mol. The van der Waals surface area contributed by atoms with Crippen molar-refractivity contribution in [3.8, 4) is 5.75 Å². The molecule has 0 amide bonds. The lowest BCUT2D eigenvalue weighted by Crippen LogP contribution is -2.01. The van der Waals surface area contributed by atoms with Crippen molar-refractivity contribution in [2.45, 2.75) is 44.4 Å². The Morgan fingerprint density at radius 1 is 1.26 bits per heavy atom. The van der Waals surface area contributed by atoms with Crippen molar-refractivity contribution in [2.24, 2.45) is 0 Å². The Hall–Kier alpha value is -1.10. The Bertz CT molecular complexity index is 410. The van der Waals surface area contributed by atoms with Gasteiger partial charge in [0.1, 0.15) is 0 Å². The van der Waals surface area contributed by atoms with E-state index in [1.54, 1.807) is 12.1 Å². The summed E-state index contributed by atoms with van der Waals surface area (Å²) in [5.74, 6) is 0.366. The highest BCUT2D eigenvalue weighted by atomic mass is 79.9. The molecule has 0 N–H and O–H groups in total. The highest BCUT2D eigenvalue weighted by Gasteiger charge is 2.15. The SMILES string of the molecule is CCCCCCCOc1ccc(CBr)cc1[N+](=O)[O-]. The van der Waals surface area contributed by atoms with Crippen molar-refractivity contribution in [2.75, 3.05) is 6.61 Å². The minimum absolute atomic E-state index is 0.0468. The van der Waals surface area contributed by atoms with Crippen LogP contribution < -0.4 is 4.74 Å². The molecule has 1 rings (SSSR count). The largest absolute Gasteiger partial charge is 0.487 e. The van der Waals surface area contributed by atoms with Crippen LogP contribution in [-0.4, -0.2) is 11.5 Å². The third-order valence-corrected chi connectivity index (χ3v) is 3.53. The lowest BCUT2D eigenvalue weighted by atomic mass is 10.2. The van der Waals surface area contributed by atoms with Gasteiger partial charge in [-0.25, -0.2) is 0 Å². The van der Waals surface area contributed by atoms with Crippen molar-refractivity contribution >= 4 is 21.6 Å². The molecule has 0 unspecified atom stereocenters. The first kappa shape index (κ1) is 16.0. The van der Waals surface area contributed by atoms with Gasteiger partial charge in [-0.05, 0) is 18.1 Å². The van der Waals surface area contributed by atoms with E-state index in [4.69, 9.17) is 4.74 Å². The van der Waals surface area contributed by atoms with Crippen molar-refractivity contribution in [3.63, 3.8) is 0 Å². The summed E-state index contributed by atoms with van der Waals surface area (Å²) in [6, 6.07) is 5.08. The molecule has 5 heteroatoms. The first-order chi connectivity index (χ1) is 9.19. The van der Waals surface area contributed by atoms with Gasteiger partial charge < -0.3 is 4.74 Å². The van der Waals surface area contributed by atoms with Gasteiger partial charge in [0, 0.05) is 11.4 Å². The molecule has 0 aliphatic heterocycles. The number of nitro benzene ring substituents is 1. The molecule has 0 radical (unpaired) electrons. The van der Waals surface area contributed by atoms with E-state index in [0.29, 0.717) is 17.7 Å². The van der Waals surface area contributed by atoms with Gasteiger partial charge in [0.05, 0.1) is 11.5 Å². The van der Waals surface area contributed by atoms with Crippen LogP contribution in [0.15, 0.2) is 18.2 Å². The Morgan fingerprint density at radius 3 is 2.63 bits per heavy atom. The first-order valence-electron chi connectivity index (χ1n) is 6.65. The van der Waals surface area contributed by atoms with E-state index >= 15 is 0 Å². The Morgan fingerprint density at radius 2 is 2.00 bits per heavy atom. The number of alkyl halides is 1. The summed E-state index contributed by atoms with van der Waals surface area (Å²) in [5.41, 5.74) is 0.924. The fourth-order valence-corrected chi connectivity index (χ4v) is 2.15. The molecule has 1 aromatic carbocycles. The summed E-state index contributed by atoms with van der Waals surface area (Å²) in [5, 5.41) is 11.6. The number of hydrogen-bond acceptors (Lipinski definition) is 3. The van der Waals surface area contributed by atoms with Crippen molar-refractivity contribution < 1.29 is 9.66 Å². The van der Waals surface area contributed by atoms with E-state index in [2.05, 4.69) is 22.9 Å². The van der Waals surface area contributed by atoms with E-state index in [1.165, 1.54) is 19.3 Å². The molecule has 0 spiro atoms. The molecule has 4 nitrogen and oxygen atoms in total. The van der Waals surface area contributed by atoms with E-state index in [0.717, 1.165) is 18.4 Å². The highest BCUT2D eigenvalue weighted by Crippen LogP contribution is 2.28. The molecule has 0 heterocycles. The van der Waals surface area contributed by atoms with Crippen molar-refractivity contribution in [1.82, 2.24) is 0 Å². The van der Waals surface area contributed by atoms with E-state index in [1.807, 2.05) is 6.07 Å². The van der Waals surface area contributed by atoms with Gasteiger partial charge in [-0.15, -0.1) is 0 Å². The maximum absolute atomic E-state index is 11.0. The summed E-state index contributed by atoms with van der Waals surface area (Å²) in [7, 11) is 0. The molecule has 0 aliphatic carbocycles. The van der Waals surface area contributed by atoms with Crippen LogP contribution in [0, 0.1) is 10.1 Å². The normalized spacial score (nSPS) is 10.4. The van der Waals surface area contributed by atoms with Crippen LogP contribution in [0.5, 0.6) is 5.75 Å². The van der Waals surface area contributed by atoms with Crippen LogP contribution in [-0.2, 0) is 5.33 Å². The second-order valence-electron chi connectivity index (χ2n) is 4.46. The minimum Gasteiger partial charge on any atom is -0.487 e. The molecule has 19 heavy (non-hydrogen) atoms. The standard InChI is InChI=1S/C14H20BrNO3/c1-2-3-4-5-6-9-19-14-8-7-12(11-15)10-13(14)16(17)18/h7-8,10H,2-6,9,11H2,1H3. The Kier molecular flexibility index (Phi) is 7.48. The molecular formula is C14H20BrNO3. The lowest BCUT2D eigenvalue weighted by Gasteiger charge is -2.07. The van der Waals surface area contributed by atoms with Crippen LogP contribution in [0.25, 0.3) is 0 Å². The number of unbranched alkanes of at least 4 members (excludes halogenated alkanes) is 4. The quantitative estimate of drug-likeness (QED) is 0.282. The van der Waals surface area contributed by atoms with Crippen LogP contribution in [0.3, 0.4) is 0 Å². The zero-order chi connectivity index (χ0) is 14.1. The van der Waals surface area contributed by atoms with Gasteiger partial charge >= 0.3 is 5.69 Å². The number of halogens is 1. The number of benzene rings is 1. The summed E-state index contributed by atoms with van der Waals surface area (Å²) >= 11 is 3.29. The molecule has 0 saturated heterocycles. The topological polar surface area (TPSA) is 52.4 Å². The summed E-state index contributed by atoms with van der Waals surface area (Å²) < 4.78 is 5.52. The van der Waals surface area contributed by atoms with Gasteiger partial charge in [0.15, 0.2) is 5.75 Å². The lowest BCUT2D eigenvalue weighted by molar-refractivity contribution is -0.385. The predicted molar refractivity (Wildman–Crippen MR) is 80.0 cm³/mol. The van der Waals surface area contributed by atoms with Crippen LogP contribution in [0.4, 0.5) is 5.69 Å². The molecule has 0 saturated carbocycles. The molecule has 0 fully saturated rings. The molecule has 106 valence electrons. The third kappa shape index (κ3) is 5.59. The number of hydrogen-bond donors (Lipinski definition) is 0. The number of nitrogens with zero attached hydrogens (tertiary/aromatic N) is 1. The molecule has 0 aliphatic rings. The Labute approximate surface area is 122 Å². The van der Waals surface area contributed by atoms with Crippen LogP contribution in [0.1, 0.15) is 44.6 Å². The third-order valence-electron chi connectivity index (χ3n) is 2.88. The number of ether oxygens (including phenoxy) is 1. The molecule has 0 aromatic heterocycles. The maximum Gasteiger partial charge on any atom is 0.311 e. The fraction of sp³-hybridized carbons (Fsp3) is 0.571.